The molecule has 1 aromatic heterocycles. The first-order chi connectivity index (χ1) is 13.4. The second-order valence-corrected chi connectivity index (χ2v) is 7.57. The number of rotatable bonds is 6. The Hall–Kier alpha value is -2.86. The molecule has 144 valence electrons. The molecule has 28 heavy (non-hydrogen) atoms. The van der Waals surface area contributed by atoms with Gasteiger partial charge < -0.3 is 9.88 Å². The van der Waals surface area contributed by atoms with Crippen LogP contribution in [-0.2, 0) is 4.79 Å². The smallest absolute Gasteiger partial charge is 0.259 e. The summed E-state index contributed by atoms with van der Waals surface area (Å²) in [4.78, 5) is 12.0. The standard InChI is InChI=1S/C22H23BrN4O/c1-15-5-4-6-21(11-15)27-16(2)12-18(17(27)3)13-25-26-22(28)14-24-20-9-7-19(23)8-10-20/h4-13,24H,14H2,1-3H3,(H,26,28)/b25-13-. The minimum atomic E-state index is -0.202. The number of nitrogens with one attached hydrogen (secondary N) is 2. The molecule has 2 aromatic carbocycles. The molecule has 0 bridgehead atoms. The Morgan fingerprint density at radius 1 is 1.11 bits per heavy atom. The molecule has 0 fully saturated rings. The average molecular weight is 439 g/mol. The number of nitrogens with zero attached hydrogens (tertiary/aromatic N) is 2. The molecule has 1 heterocycles. The minimum absolute atomic E-state index is 0.154. The number of halogens is 1. The molecule has 0 radical (unpaired) electrons. The number of carbonyl (C=O) groups is 1. The number of carbonyl (C=O) groups excluding carboxylic acids is 1. The molecule has 0 saturated heterocycles. The summed E-state index contributed by atoms with van der Waals surface area (Å²) in [5, 5.41) is 7.17. The highest BCUT2D eigenvalue weighted by Gasteiger charge is 2.09. The van der Waals surface area contributed by atoms with Gasteiger partial charge in [0.05, 0.1) is 12.8 Å². The number of hydrazone groups is 1. The van der Waals surface area contributed by atoms with Crippen LogP contribution in [0.1, 0.15) is 22.5 Å². The van der Waals surface area contributed by atoms with Crippen molar-refractivity contribution in [3.63, 3.8) is 0 Å². The van der Waals surface area contributed by atoms with E-state index in [0.717, 1.165) is 32.8 Å². The number of hydrogen-bond donors (Lipinski definition) is 2. The lowest BCUT2D eigenvalue weighted by atomic mass is 10.2. The molecular formula is C22H23BrN4O. The Morgan fingerprint density at radius 3 is 2.57 bits per heavy atom. The van der Waals surface area contributed by atoms with Crippen molar-refractivity contribution in [1.29, 1.82) is 0 Å². The Labute approximate surface area is 173 Å². The van der Waals surface area contributed by atoms with Crippen molar-refractivity contribution in [1.82, 2.24) is 9.99 Å². The van der Waals surface area contributed by atoms with Crippen LogP contribution in [0.25, 0.3) is 5.69 Å². The molecule has 0 unspecified atom stereocenters. The maximum atomic E-state index is 12.0. The van der Waals surface area contributed by atoms with Crippen LogP contribution < -0.4 is 10.7 Å². The van der Waals surface area contributed by atoms with Crippen molar-refractivity contribution in [2.75, 3.05) is 11.9 Å². The number of benzene rings is 2. The van der Waals surface area contributed by atoms with Crippen molar-refractivity contribution < 1.29 is 4.79 Å². The van der Waals surface area contributed by atoms with Crippen LogP contribution in [0.4, 0.5) is 5.69 Å². The average Bonchev–Trinajstić information content (AvgIpc) is 2.95. The molecule has 0 saturated carbocycles. The molecule has 3 aromatic rings. The van der Waals surface area contributed by atoms with Crippen LogP contribution in [0.3, 0.4) is 0 Å². The quantitative estimate of drug-likeness (QED) is 0.431. The number of hydrogen-bond acceptors (Lipinski definition) is 3. The van der Waals surface area contributed by atoms with Crippen molar-refractivity contribution in [3.05, 3.63) is 81.6 Å². The maximum absolute atomic E-state index is 12.0. The number of aromatic nitrogens is 1. The van der Waals surface area contributed by atoms with E-state index in [1.165, 1.54) is 5.56 Å². The van der Waals surface area contributed by atoms with Gasteiger partial charge >= 0.3 is 0 Å². The molecule has 0 aliphatic carbocycles. The molecule has 0 aliphatic rings. The van der Waals surface area contributed by atoms with Crippen molar-refractivity contribution in [3.8, 4) is 5.69 Å². The van der Waals surface area contributed by atoms with Crippen LogP contribution in [0.5, 0.6) is 0 Å². The molecule has 2 N–H and O–H groups in total. The third-order valence-corrected chi connectivity index (χ3v) is 4.95. The van der Waals surface area contributed by atoms with Crippen LogP contribution in [-0.4, -0.2) is 23.2 Å². The van der Waals surface area contributed by atoms with Crippen molar-refractivity contribution in [2.24, 2.45) is 5.10 Å². The van der Waals surface area contributed by atoms with Gasteiger partial charge in [0.1, 0.15) is 0 Å². The van der Waals surface area contributed by atoms with E-state index >= 15 is 0 Å². The summed E-state index contributed by atoms with van der Waals surface area (Å²) in [7, 11) is 0. The highest BCUT2D eigenvalue weighted by molar-refractivity contribution is 9.10. The van der Waals surface area contributed by atoms with E-state index < -0.39 is 0 Å². The fourth-order valence-electron chi connectivity index (χ4n) is 3.05. The van der Waals surface area contributed by atoms with Gasteiger partial charge in [0.15, 0.2) is 0 Å². The number of amides is 1. The summed E-state index contributed by atoms with van der Waals surface area (Å²) in [5.41, 5.74) is 8.95. The molecule has 1 amide bonds. The third-order valence-electron chi connectivity index (χ3n) is 4.42. The summed E-state index contributed by atoms with van der Waals surface area (Å²) >= 11 is 3.38. The summed E-state index contributed by atoms with van der Waals surface area (Å²) in [6.07, 6.45) is 1.69. The zero-order valence-electron chi connectivity index (χ0n) is 16.2. The highest BCUT2D eigenvalue weighted by atomic mass is 79.9. The van der Waals surface area contributed by atoms with Crippen LogP contribution in [0.2, 0.25) is 0 Å². The Balaban J connectivity index is 1.62. The highest BCUT2D eigenvalue weighted by Crippen LogP contribution is 2.20. The molecule has 6 heteroatoms. The lowest BCUT2D eigenvalue weighted by Crippen LogP contribution is -2.25. The van der Waals surface area contributed by atoms with Gasteiger partial charge in [-0.3, -0.25) is 4.79 Å². The third kappa shape index (κ3) is 4.89. The van der Waals surface area contributed by atoms with E-state index in [2.05, 4.69) is 80.5 Å². The summed E-state index contributed by atoms with van der Waals surface area (Å²) in [6, 6.07) is 18.1. The van der Waals surface area contributed by atoms with Crippen LogP contribution in [0.15, 0.2) is 64.2 Å². The first-order valence-electron chi connectivity index (χ1n) is 9.01. The lowest BCUT2D eigenvalue weighted by molar-refractivity contribution is -0.119. The van der Waals surface area contributed by atoms with Gasteiger partial charge in [-0.25, -0.2) is 5.43 Å². The second kappa shape index (κ2) is 8.89. The summed E-state index contributed by atoms with van der Waals surface area (Å²) in [6.45, 7) is 6.35. The first-order valence-corrected chi connectivity index (χ1v) is 9.80. The van der Waals surface area contributed by atoms with Crippen molar-refractivity contribution in [2.45, 2.75) is 20.8 Å². The van der Waals surface area contributed by atoms with Gasteiger partial charge in [-0.1, -0.05) is 28.1 Å². The zero-order chi connectivity index (χ0) is 20.1. The normalized spacial score (nSPS) is 11.0. The van der Waals surface area contributed by atoms with E-state index in [9.17, 15) is 4.79 Å². The zero-order valence-corrected chi connectivity index (χ0v) is 17.7. The van der Waals surface area contributed by atoms with Crippen LogP contribution in [0, 0.1) is 20.8 Å². The van der Waals surface area contributed by atoms with E-state index in [4.69, 9.17) is 0 Å². The topological polar surface area (TPSA) is 58.4 Å². The molecule has 3 rings (SSSR count). The SMILES string of the molecule is Cc1cccc(-n2c(C)cc(/C=N\NC(=O)CNc3ccc(Br)cc3)c2C)c1. The Morgan fingerprint density at radius 2 is 1.86 bits per heavy atom. The fourth-order valence-corrected chi connectivity index (χ4v) is 3.31. The van der Waals surface area contributed by atoms with Gasteiger partial charge in [-0.2, -0.15) is 5.10 Å². The maximum Gasteiger partial charge on any atom is 0.259 e. The first kappa shape index (κ1) is 19.9. The van der Waals surface area contributed by atoms with E-state index in [1.54, 1.807) is 6.21 Å². The molecular weight excluding hydrogens is 416 g/mol. The Kier molecular flexibility index (Phi) is 6.31. The Bertz CT molecular complexity index is 1010. The van der Waals surface area contributed by atoms with Crippen molar-refractivity contribution >= 4 is 33.7 Å². The molecule has 0 spiro atoms. The van der Waals surface area contributed by atoms with E-state index in [0.29, 0.717) is 0 Å². The summed E-state index contributed by atoms with van der Waals surface area (Å²) in [5.74, 6) is -0.202. The van der Waals surface area contributed by atoms with Gasteiger partial charge in [0.2, 0.25) is 0 Å². The van der Waals surface area contributed by atoms with E-state index in [1.807, 2.05) is 31.2 Å². The fraction of sp³-hybridized carbons (Fsp3) is 0.182. The lowest BCUT2D eigenvalue weighted by Gasteiger charge is -2.10. The second-order valence-electron chi connectivity index (χ2n) is 6.65. The predicted octanol–water partition coefficient (Wildman–Crippen LogP) is 4.73. The summed E-state index contributed by atoms with van der Waals surface area (Å²) < 4.78 is 3.18. The minimum Gasteiger partial charge on any atom is -0.376 e. The monoisotopic (exact) mass is 438 g/mol. The number of aryl methyl sites for hydroxylation is 2. The molecule has 5 nitrogen and oxygen atoms in total. The number of anilines is 1. The van der Waals surface area contributed by atoms with Gasteiger partial charge in [0.25, 0.3) is 5.91 Å². The molecule has 0 aliphatic heterocycles. The van der Waals surface area contributed by atoms with Gasteiger partial charge in [-0.05, 0) is 68.8 Å². The van der Waals surface area contributed by atoms with Crippen LogP contribution >= 0.6 is 15.9 Å². The largest absolute Gasteiger partial charge is 0.376 e. The van der Waals surface area contributed by atoms with Gasteiger partial charge in [-0.15, -0.1) is 0 Å². The van der Waals surface area contributed by atoms with Gasteiger partial charge in [0, 0.05) is 32.8 Å². The van der Waals surface area contributed by atoms with E-state index in [-0.39, 0.29) is 12.5 Å². The predicted molar refractivity (Wildman–Crippen MR) is 118 cm³/mol. The molecule has 0 atom stereocenters.